The van der Waals surface area contributed by atoms with E-state index in [1.54, 1.807) is 22.4 Å². The Morgan fingerprint density at radius 1 is 1.42 bits per heavy atom. The molecule has 136 valence electrons. The average molecular weight is 376 g/mol. The minimum absolute atomic E-state index is 0.00962. The summed E-state index contributed by atoms with van der Waals surface area (Å²) >= 11 is 1.19. The highest BCUT2D eigenvalue weighted by Crippen LogP contribution is 2.23. The van der Waals surface area contributed by atoms with E-state index in [0.29, 0.717) is 16.4 Å². The zero-order valence-electron chi connectivity index (χ0n) is 13.8. The number of likely N-dealkylation sites (tertiary alicyclic amines) is 1. The number of amides is 3. The number of carbonyl (C=O) groups excluding carboxylic acids is 3. The molecule has 3 amide bonds. The number of hydrogen-bond donors (Lipinski definition) is 2. The van der Waals surface area contributed by atoms with Gasteiger partial charge in [0.05, 0.1) is 18.0 Å². The van der Waals surface area contributed by atoms with E-state index in [9.17, 15) is 18.8 Å². The summed E-state index contributed by atoms with van der Waals surface area (Å²) in [5.41, 5.74) is 6.28. The maximum atomic E-state index is 13.3. The summed E-state index contributed by atoms with van der Waals surface area (Å²) in [5, 5.41) is 4.68. The standard InChI is InChI=1S/C17H17FN4O3S/c18-12-3-1-2-10(4-12)7-22-8-11(5-15(22)24)16(25)21-17-20-13(9-26-17)6-14(19)23/h1-4,9,11H,5-8H2,(H2,19,23)(H,20,21,25)/t11-/m1/s1. The van der Waals surface area contributed by atoms with Gasteiger partial charge >= 0.3 is 0 Å². The predicted octanol–water partition coefficient (Wildman–Crippen LogP) is 1.30. The second-order valence-electron chi connectivity index (χ2n) is 6.08. The van der Waals surface area contributed by atoms with Crippen LogP contribution in [0.25, 0.3) is 0 Å². The fourth-order valence-electron chi connectivity index (χ4n) is 2.79. The van der Waals surface area contributed by atoms with Crippen LogP contribution in [0.4, 0.5) is 9.52 Å². The highest BCUT2D eigenvalue weighted by Gasteiger charge is 2.34. The van der Waals surface area contributed by atoms with Gasteiger partial charge in [0.2, 0.25) is 17.7 Å². The topological polar surface area (TPSA) is 105 Å². The average Bonchev–Trinajstić information content (AvgIpc) is 3.14. The maximum Gasteiger partial charge on any atom is 0.231 e. The molecule has 0 bridgehead atoms. The first kappa shape index (κ1) is 18.0. The van der Waals surface area contributed by atoms with Crippen molar-refractivity contribution in [3.05, 3.63) is 46.7 Å². The maximum absolute atomic E-state index is 13.3. The molecule has 26 heavy (non-hydrogen) atoms. The number of aromatic nitrogens is 1. The molecule has 2 aromatic rings. The molecule has 1 aromatic heterocycles. The summed E-state index contributed by atoms with van der Waals surface area (Å²) in [5.74, 6) is -1.82. The van der Waals surface area contributed by atoms with Crippen molar-refractivity contribution >= 4 is 34.2 Å². The van der Waals surface area contributed by atoms with E-state index in [1.165, 1.54) is 23.5 Å². The molecule has 0 unspecified atom stereocenters. The molecule has 2 heterocycles. The molecule has 0 radical (unpaired) electrons. The highest BCUT2D eigenvalue weighted by atomic mass is 32.1. The zero-order chi connectivity index (χ0) is 18.7. The van der Waals surface area contributed by atoms with Gasteiger partial charge in [0.15, 0.2) is 5.13 Å². The van der Waals surface area contributed by atoms with Crippen LogP contribution in [0.1, 0.15) is 17.7 Å². The van der Waals surface area contributed by atoms with Gasteiger partial charge in [0.1, 0.15) is 5.82 Å². The number of nitrogens with two attached hydrogens (primary N) is 1. The Balaban J connectivity index is 1.58. The monoisotopic (exact) mass is 376 g/mol. The summed E-state index contributed by atoms with van der Waals surface area (Å²) in [6.45, 7) is 0.529. The molecule has 7 nitrogen and oxygen atoms in total. The molecular weight excluding hydrogens is 359 g/mol. The lowest BCUT2D eigenvalue weighted by molar-refractivity contribution is -0.128. The van der Waals surface area contributed by atoms with Gasteiger partial charge in [-0.15, -0.1) is 11.3 Å². The van der Waals surface area contributed by atoms with Crippen molar-refractivity contribution in [3.63, 3.8) is 0 Å². The fourth-order valence-corrected chi connectivity index (χ4v) is 3.50. The minimum Gasteiger partial charge on any atom is -0.369 e. The molecule has 0 aliphatic carbocycles. The van der Waals surface area contributed by atoms with Crippen LogP contribution >= 0.6 is 11.3 Å². The molecule has 1 aliphatic heterocycles. The van der Waals surface area contributed by atoms with Crippen LogP contribution < -0.4 is 11.1 Å². The molecule has 3 N–H and O–H groups in total. The molecule has 9 heteroatoms. The Hall–Kier alpha value is -2.81. The molecule has 1 aromatic carbocycles. The normalized spacial score (nSPS) is 16.7. The lowest BCUT2D eigenvalue weighted by Crippen LogP contribution is -2.28. The van der Waals surface area contributed by atoms with Crippen LogP contribution in [0.2, 0.25) is 0 Å². The third-order valence-corrected chi connectivity index (χ3v) is 4.79. The first-order valence-electron chi connectivity index (χ1n) is 7.96. The van der Waals surface area contributed by atoms with E-state index in [4.69, 9.17) is 5.73 Å². The van der Waals surface area contributed by atoms with Crippen molar-refractivity contribution in [2.24, 2.45) is 11.7 Å². The smallest absolute Gasteiger partial charge is 0.231 e. The number of halogens is 1. The van der Waals surface area contributed by atoms with Gasteiger partial charge in [-0.1, -0.05) is 12.1 Å². The Kier molecular flexibility index (Phi) is 5.27. The number of nitrogens with one attached hydrogen (secondary N) is 1. The van der Waals surface area contributed by atoms with Gasteiger partial charge < -0.3 is 16.0 Å². The zero-order valence-corrected chi connectivity index (χ0v) is 14.6. The van der Waals surface area contributed by atoms with Crippen LogP contribution in [0, 0.1) is 11.7 Å². The largest absolute Gasteiger partial charge is 0.369 e. The Morgan fingerprint density at radius 2 is 2.23 bits per heavy atom. The summed E-state index contributed by atoms with van der Waals surface area (Å²) in [4.78, 5) is 41.1. The van der Waals surface area contributed by atoms with Crippen molar-refractivity contribution in [2.45, 2.75) is 19.4 Å². The molecular formula is C17H17FN4O3S. The number of carbonyl (C=O) groups is 3. The number of thiazole rings is 1. The van der Waals surface area contributed by atoms with E-state index >= 15 is 0 Å². The number of nitrogens with zero attached hydrogens (tertiary/aromatic N) is 2. The van der Waals surface area contributed by atoms with Gasteiger partial charge in [0.25, 0.3) is 0 Å². The molecule has 3 rings (SSSR count). The van der Waals surface area contributed by atoms with E-state index < -0.39 is 11.8 Å². The molecule has 1 saturated heterocycles. The number of anilines is 1. The second-order valence-corrected chi connectivity index (χ2v) is 6.94. The van der Waals surface area contributed by atoms with Gasteiger partial charge in [-0.25, -0.2) is 9.37 Å². The summed E-state index contributed by atoms with van der Waals surface area (Å²) < 4.78 is 13.3. The summed E-state index contributed by atoms with van der Waals surface area (Å²) in [7, 11) is 0. The van der Waals surface area contributed by atoms with Crippen molar-refractivity contribution in [1.82, 2.24) is 9.88 Å². The van der Waals surface area contributed by atoms with Gasteiger partial charge in [-0.05, 0) is 17.7 Å². The van der Waals surface area contributed by atoms with Crippen molar-refractivity contribution in [3.8, 4) is 0 Å². The molecule has 1 aliphatic rings. The molecule has 0 saturated carbocycles. The number of hydrogen-bond acceptors (Lipinski definition) is 5. The van der Waals surface area contributed by atoms with Crippen LogP contribution in [-0.2, 0) is 27.3 Å². The van der Waals surface area contributed by atoms with Crippen LogP contribution in [0.3, 0.4) is 0 Å². The first-order chi connectivity index (χ1) is 12.4. The van der Waals surface area contributed by atoms with E-state index in [-0.39, 0.29) is 43.6 Å². The summed E-state index contributed by atoms with van der Waals surface area (Å²) in [6.07, 6.45) is 0.108. The Bertz CT molecular complexity index is 854. The predicted molar refractivity (Wildman–Crippen MR) is 93.6 cm³/mol. The van der Waals surface area contributed by atoms with E-state index in [0.717, 1.165) is 0 Å². The van der Waals surface area contributed by atoms with Crippen molar-refractivity contribution < 1.29 is 18.8 Å². The van der Waals surface area contributed by atoms with Crippen LogP contribution in [0.5, 0.6) is 0 Å². The highest BCUT2D eigenvalue weighted by molar-refractivity contribution is 7.13. The molecule has 1 atom stereocenters. The number of rotatable bonds is 6. The number of primary amides is 1. The molecule has 1 fully saturated rings. The summed E-state index contributed by atoms with van der Waals surface area (Å²) in [6, 6.07) is 6.03. The Labute approximate surface area is 153 Å². The van der Waals surface area contributed by atoms with Crippen molar-refractivity contribution in [2.75, 3.05) is 11.9 Å². The fraction of sp³-hybridized carbons (Fsp3) is 0.294. The van der Waals surface area contributed by atoms with Crippen molar-refractivity contribution in [1.29, 1.82) is 0 Å². The lowest BCUT2D eigenvalue weighted by Gasteiger charge is -2.16. The third kappa shape index (κ3) is 4.42. The molecule has 0 spiro atoms. The van der Waals surface area contributed by atoms with E-state index in [1.807, 2.05) is 0 Å². The third-order valence-electron chi connectivity index (χ3n) is 3.98. The van der Waals surface area contributed by atoms with E-state index in [2.05, 4.69) is 10.3 Å². The van der Waals surface area contributed by atoms with Crippen LogP contribution in [-0.4, -0.2) is 34.2 Å². The lowest BCUT2D eigenvalue weighted by atomic mass is 10.1. The van der Waals surface area contributed by atoms with Gasteiger partial charge in [0, 0.05) is 24.9 Å². The SMILES string of the molecule is NC(=O)Cc1csc(NC(=O)[C@@H]2CC(=O)N(Cc3cccc(F)c3)C2)n1. The van der Waals surface area contributed by atoms with Gasteiger partial charge in [-0.2, -0.15) is 0 Å². The first-order valence-corrected chi connectivity index (χ1v) is 8.84. The second kappa shape index (κ2) is 7.61. The Morgan fingerprint density at radius 3 is 2.96 bits per heavy atom. The van der Waals surface area contributed by atoms with Gasteiger partial charge in [-0.3, -0.25) is 14.4 Å². The minimum atomic E-state index is -0.500. The van der Waals surface area contributed by atoms with Crippen LogP contribution in [0.15, 0.2) is 29.6 Å². The quantitative estimate of drug-likeness (QED) is 0.793. The number of benzene rings is 1.